The third kappa shape index (κ3) is 4.59. The van der Waals surface area contributed by atoms with Gasteiger partial charge in [0.2, 0.25) is 0 Å². The number of amides is 2. The molecule has 0 radical (unpaired) electrons. The van der Waals surface area contributed by atoms with Gasteiger partial charge in [0, 0.05) is 0 Å². The Kier molecular flexibility index (Phi) is 6.71. The molecular formula is C15H21N3O8. The molecule has 1 saturated heterocycles. The Morgan fingerprint density at radius 2 is 2.04 bits per heavy atom. The van der Waals surface area contributed by atoms with Gasteiger partial charge >= 0.3 is 6.03 Å². The zero-order valence-corrected chi connectivity index (χ0v) is 13.8. The van der Waals surface area contributed by atoms with Crippen molar-refractivity contribution in [1.29, 1.82) is 0 Å². The molecule has 0 unspecified atom stereocenters. The Hall–Kier alpha value is -2.44. The maximum atomic E-state index is 11.8. The van der Waals surface area contributed by atoms with Crippen LogP contribution >= 0.6 is 0 Å². The highest BCUT2D eigenvalue weighted by Crippen LogP contribution is 2.25. The summed E-state index contributed by atoms with van der Waals surface area (Å²) in [6, 6.07) is 3.58. The van der Waals surface area contributed by atoms with E-state index >= 15 is 0 Å². The van der Waals surface area contributed by atoms with Crippen molar-refractivity contribution in [3.8, 4) is 11.5 Å². The van der Waals surface area contributed by atoms with E-state index in [-0.39, 0.29) is 11.5 Å². The minimum atomic E-state index is -1.60. The monoisotopic (exact) mass is 371 g/mol. The number of aliphatic hydroxyl groups is 4. The fraction of sp³-hybridized carbons (Fsp3) is 0.467. The first kappa shape index (κ1) is 19.9. The molecule has 0 aliphatic carbocycles. The van der Waals surface area contributed by atoms with Crippen LogP contribution in [0.1, 0.15) is 5.56 Å². The van der Waals surface area contributed by atoms with Gasteiger partial charge in [-0.25, -0.2) is 10.2 Å². The van der Waals surface area contributed by atoms with E-state index in [0.717, 1.165) is 0 Å². The number of aliphatic hydroxyl groups excluding tert-OH is 4. The Labute approximate surface area is 148 Å². The number of hydrazone groups is 1. The van der Waals surface area contributed by atoms with Crippen LogP contribution in [0, 0.1) is 0 Å². The Morgan fingerprint density at radius 1 is 1.31 bits per heavy atom. The number of ether oxygens (including phenoxy) is 2. The van der Waals surface area contributed by atoms with E-state index in [1.165, 1.54) is 25.5 Å². The topological polar surface area (TPSA) is 173 Å². The van der Waals surface area contributed by atoms with Crippen LogP contribution in [0.2, 0.25) is 0 Å². The van der Waals surface area contributed by atoms with Gasteiger partial charge in [-0.2, -0.15) is 5.10 Å². The van der Waals surface area contributed by atoms with Crippen molar-refractivity contribution in [2.75, 3.05) is 13.7 Å². The smallest absolute Gasteiger partial charge is 0.337 e. The van der Waals surface area contributed by atoms with Crippen LogP contribution in [0.3, 0.4) is 0 Å². The Bertz CT molecular complexity index is 654. The van der Waals surface area contributed by atoms with Gasteiger partial charge < -0.3 is 40.3 Å². The summed E-state index contributed by atoms with van der Waals surface area (Å²) in [6.07, 6.45) is -5.91. The molecule has 2 rings (SSSR count). The molecule has 26 heavy (non-hydrogen) atoms. The first-order chi connectivity index (χ1) is 12.4. The van der Waals surface area contributed by atoms with E-state index in [4.69, 9.17) is 14.6 Å². The van der Waals surface area contributed by atoms with Crippen molar-refractivity contribution in [1.82, 2.24) is 10.7 Å². The van der Waals surface area contributed by atoms with Gasteiger partial charge in [-0.05, 0) is 23.8 Å². The number of hydrogen-bond acceptors (Lipinski definition) is 9. The summed E-state index contributed by atoms with van der Waals surface area (Å²) >= 11 is 0. The summed E-state index contributed by atoms with van der Waals surface area (Å²) < 4.78 is 10.1. The predicted molar refractivity (Wildman–Crippen MR) is 87.7 cm³/mol. The number of carbonyl (C=O) groups is 1. The van der Waals surface area contributed by atoms with Crippen molar-refractivity contribution in [2.24, 2.45) is 5.10 Å². The normalized spacial score (nSPS) is 28.7. The number of rotatable bonds is 5. The summed E-state index contributed by atoms with van der Waals surface area (Å²) in [5.74, 6) is 0.192. The highest BCUT2D eigenvalue weighted by Gasteiger charge is 2.43. The number of nitrogens with zero attached hydrogens (tertiary/aromatic N) is 1. The number of phenols is 1. The second-order valence-corrected chi connectivity index (χ2v) is 5.52. The molecule has 11 nitrogen and oxygen atoms in total. The van der Waals surface area contributed by atoms with E-state index in [0.29, 0.717) is 5.56 Å². The van der Waals surface area contributed by atoms with Crippen molar-refractivity contribution < 1.29 is 39.8 Å². The molecule has 11 heteroatoms. The largest absolute Gasteiger partial charge is 0.504 e. The number of aromatic hydroxyl groups is 1. The van der Waals surface area contributed by atoms with Gasteiger partial charge in [0.25, 0.3) is 0 Å². The summed E-state index contributed by atoms with van der Waals surface area (Å²) in [7, 11) is 1.39. The fourth-order valence-corrected chi connectivity index (χ4v) is 2.32. The van der Waals surface area contributed by atoms with Crippen molar-refractivity contribution in [3.05, 3.63) is 23.8 Å². The second kappa shape index (κ2) is 8.78. The van der Waals surface area contributed by atoms with Gasteiger partial charge in [-0.15, -0.1) is 0 Å². The van der Waals surface area contributed by atoms with Gasteiger partial charge in [0.15, 0.2) is 17.7 Å². The lowest BCUT2D eigenvalue weighted by atomic mass is 9.98. The average molecular weight is 371 g/mol. The minimum absolute atomic E-state index is 0.0435. The van der Waals surface area contributed by atoms with Crippen LogP contribution in [-0.4, -0.2) is 82.1 Å². The summed E-state index contributed by atoms with van der Waals surface area (Å²) in [5, 5.41) is 53.6. The molecule has 0 spiro atoms. The van der Waals surface area contributed by atoms with Crippen LogP contribution < -0.4 is 15.5 Å². The van der Waals surface area contributed by atoms with Gasteiger partial charge in [-0.1, -0.05) is 0 Å². The molecule has 1 heterocycles. The molecule has 0 saturated carbocycles. The summed E-state index contributed by atoms with van der Waals surface area (Å²) in [6.45, 7) is -0.606. The lowest BCUT2D eigenvalue weighted by molar-refractivity contribution is -0.233. The molecule has 144 valence electrons. The fourth-order valence-electron chi connectivity index (χ4n) is 2.32. The highest BCUT2D eigenvalue weighted by molar-refractivity contribution is 5.82. The number of methoxy groups -OCH3 is 1. The van der Waals surface area contributed by atoms with Crippen LogP contribution in [0.25, 0.3) is 0 Å². The van der Waals surface area contributed by atoms with E-state index < -0.39 is 43.3 Å². The van der Waals surface area contributed by atoms with Crippen LogP contribution in [0.5, 0.6) is 11.5 Å². The number of benzene rings is 1. The van der Waals surface area contributed by atoms with Crippen molar-refractivity contribution in [3.63, 3.8) is 0 Å². The molecular weight excluding hydrogens is 350 g/mol. The molecule has 1 aliphatic heterocycles. The van der Waals surface area contributed by atoms with Gasteiger partial charge in [-0.3, -0.25) is 0 Å². The summed E-state index contributed by atoms with van der Waals surface area (Å²) in [5.41, 5.74) is 2.66. The number of carbonyl (C=O) groups excluding carboxylic acids is 1. The second-order valence-electron chi connectivity index (χ2n) is 5.52. The van der Waals surface area contributed by atoms with Crippen LogP contribution in [0.4, 0.5) is 4.79 Å². The molecule has 0 aromatic heterocycles. The zero-order chi connectivity index (χ0) is 19.3. The zero-order valence-electron chi connectivity index (χ0n) is 13.8. The SMILES string of the molecule is COc1cc(/C=N/NC(=O)N[C@H]2O[C@@H](CO)[C@@H](O)[C@H](O)[C@@H]2O)ccc1O. The number of nitrogens with one attached hydrogen (secondary N) is 2. The first-order valence-corrected chi connectivity index (χ1v) is 7.64. The van der Waals surface area contributed by atoms with Crippen molar-refractivity contribution >= 4 is 12.2 Å². The molecule has 1 fully saturated rings. The Morgan fingerprint density at radius 3 is 2.69 bits per heavy atom. The first-order valence-electron chi connectivity index (χ1n) is 7.64. The number of phenolic OH excluding ortho intramolecular Hbond substituents is 1. The van der Waals surface area contributed by atoms with Crippen LogP contribution in [-0.2, 0) is 4.74 Å². The molecule has 1 aromatic carbocycles. The third-order valence-electron chi connectivity index (χ3n) is 3.75. The average Bonchev–Trinajstić information content (AvgIpc) is 2.63. The van der Waals surface area contributed by atoms with E-state index in [1.54, 1.807) is 6.07 Å². The lowest BCUT2D eigenvalue weighted by Gasteiger charge is -2.39. The maximum absolute atomic E-state index is 11.8. The highest BCUT2D eigenvalue weighted by atomic mass is 16.6. The minimum Gasteiger partial charge on any atom is -0.504 e. The number of urea groups is 1. The maximum Gasteiger partial charge on any atom is 0.337 e. The molecule has 1 aromatic rings. The third-order valence-corrected chi connectivity index (χ3v) is 3.75. The van der Waals surface area contributed by atoms with E-state index in [9.17, 15) is 25.2 Å². The quantitative estimate of drug-likeness (QED) is 0.226. The molecule has 1 aliphatic rings. The number of hydrogen-bond donors (Lipinski definition) is 7. The van der Waals surface area contributed by atoms with Gasteiger partial charge in [0.1, 0.15) is 24.4 Å². The lowest BCUT2D eigenvalue weighted by Crippen LogP contribution is -2.63. The van der Waals surface area contributed by atoms with E-state index in [2.05, 4.69) is 15.8 Å². The Balaban J connectivity index is 1.92. The molecule has 0 bridgehead atoms. The molecule has 7 N–H and O–H groups in total. The molecule has 5 atom stereocenters. The van der Waals surface area contributed by atoms with Crippen LogP contribution in [0.15, 0.2) is 23.3 Å². The van der Waals surface area contributed by atoms with Gasteiger partial charge in [0.05, 0.1) is 19.9 Å². The standard InChI is InChI=1S/C15H21N3O8/c1-25-9-4-7(2-3-8(9)20)5-16-18-15(24)17-14-13(23)12(22)11(21)10(6-19)26-14/h2-5,10-14,19-23H,6H2,1H3,(H2,17,18,24)/b16-5+/t10-,11+,12-,13-,14-/m0/s1. The predicted octanol–water partition coefficient (Wildman–Crippen LogP) is -2.17. The summed E-state index contributed by atoms with van der Waals surface area (Å²) in [4.78, 5) is 11.8. The van der Waals surface area contributed by atoms with E-state index in [1.807, 2.05) is 0 Å². The van der Waals surface area contributed by atoms with Crippen molar-refractivity contribution in [2.45, 2.75) is 30.6 Å². The molecule has 2 amide bonds.